The molecule has 0 saturated carbocycles. The molecule has 1 heterocycles. The van der Waals surface area contributed by atoms with E-state index in [1.165, 1.54) is 0 Å². The zero-order valence-electron chi connectivity index (χ0n) is 10.3. The molecule has 0 aliphatic rings. The van der Waals surface area contributed by atoms with E-state index >= 15 is 0 Å². The molecular formula is C12H18F2N2O. The third kappa shape index (κ3) is 3.93. The van der Waals surface area contributed by atoms with Gasteiger partial charge in [0.05, 0.1) is 6.20 Å². The smallest absolute Gasteiger partial charge is 0.168 e. The van der Waals surface area contributed by atoms with Crippen LogP contribution in [0.3, 0.4) is 0 Å². The first-order valence-corrected chi connectivity index (χ1v) is 5.53. The van der Waals surface area contributed by atoms with Crippen molar-refractivity contribution in [2.24, 2.45) is 5.41 Å². The van der Waals surface area contributed by atoms with Crippen molar-refractivity contribution in [1.29, 1.82) is 0 Å². The van der Waals surface area contributed by atoms with Crippen molar-refractivity contribution in [1.82, 2.24) is 4.98 Å². The second kappa shape index (κ2) is 5.40. The Morgan fingerprint density at radius 3 is 2.53 bits per heavy atom. The molecule has 0 radical (unpaired) electrons. The van der Waals surface area contributed by atoms with E-state index in [0.717, 1.165) is 12.3 Å². The predicted molar refractivity (Wildman–Crippen MR) is 62.7 cm³/mol. The van der Waals surface area contributed by atoms with E-state index in [1.54, 1.807) is 0 Å². The molecule has 1 aromatic rings. The van der Waals surface area contributed by atoms with Crippen LogP contribution in [0, 0.1) is 17.0 Å². The van der Waals surface area contributed by atoms with E-state index in [-0.39, 0.29) is 23.9 Å². The number of anilines is 1. The first-order valence-electron chi connectivity index (χ1n) is 5.53. The zero-order chi connectivity index (χ0) is 13.1. The number of pyridine rings is 1. The first kappa shape index (κ1) is 13.8. The Kier molecular flexibility index (Phi) is 4.40. The number of hydrogen-bond acceptors (Lipinski definition) is 3. The van der Waals surface area contributed by atoms with Gasteiger partial charge in [0.15, 0.2) is 11.6 Å². The fourth-order valence-corrected chi connectivity index (χ4v) is 1.54. The highest BCUT2D eigenvalue weighted by atomic mass is 19.1. The van der Waals surface area contributed by atoms with Gasteiger partial charge in [-0.25, -0.2) is 13.8 Å². The number of aromatic nitrogens is 1. The van der Waals surface area contributed by atoms with E-state index in [9.17, 15) is 8.78 Å². The molecule has 1 rings (SSSR count). The molecule has 1 atom stereocenters. The van der Waals surface area contributed by atoms with Gasteiger partial charge in [-0.15, -0.1) is 0 Å². The summed E-state index contributed by atoms with van der Waals surface area (Å²) in [5.74, 6) is -1.42. The minimum atomic E-state index is -0.725. The number of nitrogens with one attached hydrogen (secondary N) is 1. The van der Waals surface area contributed by atoms with Gasteiger partial charge in [0.2, 0.25) is 0 Å². The number of aliphatic hydroxyl groups is 1. The molecule has 0 aromatic carbocycles. The van der Waals surface area contributed by atoms with Gasteiger partial charge in [-0.2, -0.15) is 0 Å². The van der Waals surface area contributed by atoms with Crippen LogP contribution in [0.1, 0.15) is 27.2 Å². The van der Waals surface area contributed by atoms with Crippen molar-refractivity contribution in [3.8, 4) is 0 Å². The molecule has 0 aliphatic heterocycles. The lowest BCUT2D eigenvalue weighted by molar-refractivity contribution is 0.234. The third-order valence-corrected chi connectivity index (χ3v) is 2.58. The average Bonchev–Trinajstić information content (AvgIpc) is 2.19. The summed E-state index contributed by atoms with van der Waals surface area (Å²) in [5, 5.41) is 11.9. The van der Waals surface area contributed by atoms with E-state index < -0.39 is 11.6 Å². The average molecular weight is 244 g/mol. The van der Waals surface area contributed by atoms with Gasteiger partial charge in [-0.3, -0.25) is 0 Å². The van der Waals surface area contributed by atoms with Crippen LogP contribution in [0.25, 0.3) is 0 Å². The number of aliphatic hydroxyl groups excluding tert-OH is 1. The lowest BCUT2D eigenvalue weighted by Crippen LogP contribution is -2.35. The van der Waals surface area contributed by atoms with Gasteiger partial charge in [0, 0.05) is 18.7 Å². The maximum Gasteiger partial charge on any atom is 0.168 e. The summed E-state index contributed by atoms with van der Waals surface area (Å²) < 4.78 is 26.1. The Labute approximate surface area is 99.9 Å². The van der Waals surface area contributed by atoms with E-state index in [0.29, 0.717) is 6.42 Å². The topological polar surface area (TPSA) is 45.1 Å². The molecule has 0 saturated heterocycles. The van der Waals surface area contributed by atoms with Gasteiger partial charge >= 0.3 is 0 Å². The lowest BCUT2D eigenvalue weighted by atomic mass is 9.85. The standard InChI is InChI=1S/C12H18F2N2O/c1-12(2,3)10(4-5-17)16-11-9(14)6-8(13)7-15-11/h6-7,10,17H,4-5H2,1-3H3,(H,15,16). The first-order chi connectivity index (χ1) is 7.84. The molecule has 2 N–H and O–H groups in total. The van der Waals surface area contributed by atoms with Crippen LogP contribution >= 0.6 is 0 Å². The molecule has 5 heteroatoms. The third-order valence-electron chi connectivity index (χ3n) is 2.58. The molecule has 1 unspecified atom stereocenters. The molecule has 17 heavy (non-hydrogen) atoms. The van der Waals surface area contributed by atoms with Gasteiger partial charge in [0.25, 0.3) is 0 Å². The lowest BCUT2D eigenvalue weighted by Gasteiger charge is -2.31. The van der Waals surface area contributed by atoms with E-state index in [2.05, 4.69) is 10.3 Å². The van der Waals surface area contributed by atoms with Crippen molar-refractivity contribution < 1.29 is 13.9 Å². The van der Waals surface area contributed by atoms with Gasteiger partial charge < -0.3 is 10.4 Å². The Hall–Kier alpha value is -1.23. The predicted octanol–water partition coefficient (Wildman–Crippen LogP) is 2.57. The van der Waals surface area contributed by atoms with Crippen molar-refractivity contribution in [3.63, 3.8) is 0 Å². The maximum absolute atomic E-state index is 13.4. The van der Waals surface area contributed by atoms with Gasteiger partial charge in [0.1, 0.15) is 5.82 Å². The highest BCUT2D eigenvalue weighted by Gasteiger charge is 2.25. The summed E-state index contributed by atoms with van der Waals surface area (Å²) in [6.45, 7) is 5.92. The highest BCUT2D eigenvalue weighted by Crippen LogP contribution is 2.25. The number of hydrogen-bond donors (Lipinski definition) is 2. The SMILES string of the molecule is CC(C)(C)C(CCO)Nc1ncc(F)cc1F. The van der Waals surface area contributed by atoms with Crippen LogP contribution in [0.15, 0.2) is 12.3 Å². The Morgan fingerprint density at radius 1 is 1.41 bits per heavy atom. The summed E-state index contributed by atoms with van der Waals surface area (Å²) in [7, 11) is 0. The van der Waals surface area contributed by atoms with Crippen molar-refractivity contribution in [2.45, 2.75) is 33.2 Å². The Bertz CT molecular complexity index is 377. The van der Waals surface area contributed by atoms with Crippen LogP contribution in [0.2, 0.25) is 0 Å². The molecule has 0 fully saturated rings. The van der Waals surface area contributed by atoms with Crippen LogP contribution in [0.5, 0.6) is 0 Å². The number of rotatable bonds is 4. The molecular weight excluding hydrogens is 226 g/mol. The van der Waals surface area contributed by atoms with Crippen molar-refractivity contribution in [3.05, 3.63) is 23.9 Å². The molecule has 0 amide bonds. The zero-order valence-corrected chi connectivity index (χ0v) is 10.3. The van der Waals surface area contributed by atoms with Crippen molar-refractivity contribution in [2.75, 3.05) is 11.9 Å². The van der Waals surface area contributed by atoms with Crippen LogP contribution in [0.4, 0.5) is 14.6 Å². The molecule has 96 valence electrons. The summed E-state index contributed by atoms with van der Waals surface area (Å²) in [6, 6.07) is 0.647. The fourth-order valence-electron chi connectivity index (χ4n) is 1.54. The minimum absolute atomic E-state index is 0.00223. The second-order valence-electron chi connectivity index (χ2n) is 5.06. The highest BCUT2D eigenvalue weighted by molar-refractivity contribution is 5.37. The molecule has 3 nitrogen and oxygen atoms in total. The summed E-state index contributed by atoms with van der Waals surface area (Å²) in [5.41, 5.74) is -0.161. The van der Waals surface area contributed by atoms with Gasteiger partial charge in [-0.05, 0) is 11.8 Å². The summed E-state index contributed by atoms with van der Waals surface area (Å²) in [4.78, 5) is 3.67. The quantitative estimate of drug-likeness (QED) is 0.855. The minimum Gasteiger partial charge on any atom is -0.396 e. The molecule has 1 aromatic heterocycles. The van der Waals surface area contributed by atoms with E-state index in [4.69, 9.17) is 5.11 Å². The Balaban J connectivity index is 2.86. The van der Waals surface area contributed by atoms with Gasteiger partial charge in [-0.1, -0.05) is 20.8 Å². The number of nitrogens with zero attached hydrogens (tertiary/aromatic N) is 1. The fraction of sp³-hybridized carbons (Fsp3) is 0.583. The number of halogens is 2. The molecule has 0 bridgehead atoms. The van der Waals surface area contributed by atoms with E-state index in [1.807, 2.05) is 20.8 Å². The monoisotopic (exact) mass is 244 g/mol. The second-order valence-corrected chi connectivity index (χ2v) is 5.06. The normalized spacial score (nSPS) is 13.5. The Morgan fingerprint density at radius 2 is 2.06 bits per heavy atom. The largest absolute Gasteiger partial charge is 0.396 e. The maximum atomic E-state index is 13.4. The van der Waals surface area contributed by atoms with Crippen LogP contribution in [-0.2, 0) is 0 Å². The van der Waals surface area contributed by atoms with Crippen LogP contribution < -0.4 is 5.32 Å². The van der Waals surface area contributed by atoms with Crippen LogP contribution in [-0.4, -0.2) is 22.7 Å². The summed E-state index contributed by atoms with van der Waals surface area (Å²) >= 11 is 0. The van der Waals surface area contributed by atoms with Crippen molar-refractivity contribution >= 4 is 5.82 Å². The molecule has 0 aliphatic carbocycles. The summed E-state index contributed by atoms with van der Waals surface area (Å²) in [6.07, 6.45) is 1.44. The molecule has 0 spiro atoms.